The smallest absolute Gasteiger partial charge is 0.366 e. The number of thioether (sulfide) groups is 1. The summed E-state index contributed by atoms with van der Waals surface area (Å²) in [5.74, 6) is 0. The monoisotopic (exact) mass is 369 g/mol. The maximum absolute atomic E-state index is 13.3. The van der Waals surface area contributed by atoms with Gasteiger partial charge < -0.3 is 4.90 Å². The van der Waals surface area contributed by atoms with Crippen molar-refractivity contribution in [2.24, 2.45) is 0 Å². The molecule has 133 valence electrons. The molecule has 0 amide bonds. The van der Waals surface area contributed by atoms with Crippen molar-refractivity contribution >= 4 is 17.4 Å². The Balaban J connectivity index is 1.82. The fourth-order valence-corrected chi connectivity index (χ4v) is 4.13. The molecule has 0 spiro atoms. The molecule has 2 aliphatic rings. The number of hydrogen-bond acceptors (Lipinski definition) is 4. The number of hydrogen-bond donors (Lipinski definition) is 0. The van der Waals surface area contributed by atoms with Gasteiger partial charge in [-0.3, -0.25) is 10.1 Å². The molecule has 4 nitrogen and oxygen atoms in total. The highest BCUT2D eigenvalue weighted by Gasteiger charge is 2.38. The molecule has 0 bridgehead atoms. The highest BCUT2D eigenvalue weighted by molar-refractivity contribution is 8.06. The third-order valence-electron chi connectivity index (χ3n) is 4.22. The molecule has 1 radical (unpaired) electrons. The summed E-state index contributed by atoms with van der Waals surface area (Å²) in [6.45, 7) is 1.70. The molecule has 2 heterocycles. The van der Waals surface area contributed by atoms with Crippen LogP contribution in [0.25, 0.3) is 0 Å². The number of allylic oxidation sites excluding steroid dienone is 3. The van der Waals surface area contributed by atoms with Crippen LogP contribution in [0, 0.1) is 16.2 Å². The summed E-state index contributed by atoms with van der Waals surface area (Å²) in [5, 5.41) is 11.5. The fourth-order valence-electron chi connectivity index (χ4n) is 2.90. The molecular weight excluding hydrogens is 353 g/mol. The van der Waals surface area contributed by atoms with Crippen LogP contribution in [0.15, 0.2) is 39.8 Å². The number of rotatable bonds is 4. The van der Waals surface area contributed by atoms with E-state index in [4.69, 9.17) is 0 Å². The average molecular weight is 369 g/mol. The van der Waals surface area contributed by atoms with Gasteiger partial charge in [0.05, 0.1) is 9.95 Å². The summed E-state index contributed by atoms with van der Waals surface area (Å²) < 4.78 is 40.0. The van der Waals surface area contributed by atoms with E-state index in [2.05, 4.69) is 11.0 Å². The van der Waals surface area contributed by atoms with Gasteiger partial charge in [-0.2, -0.15) is 13.2 Å². The summed E-state index contributed by atoms with van der Waals surface area (Å²) in [7, 11) is 0. The van der Waals surface area contributed by atoms with Crippen molar-refractivity contribution in [1.82, 2.24) is 4.90 Å². The lowest BCUT2D eigenvalue weighted by Crippen LogP contribution is -2.22. The second kappa shape index (κ2) is 7.11. The number of halogens is 3. The standard InChI is InChI=1S/C17H16F3N2O2S/c18-17(19,20)14-7-8-16(21-9-1-2-10-21)25-15(14)11-12-3-5-13(6-4-12)22(23)24/h3-6H,1-2,7,9-11H2. The quantitative estimate of drug-likeness (QED) is 0.563. The summed E-state index contributed by atoms with van der Waals surface area (Å²) in [4.78, 5) is 12.5. The molecule has 1 aromatic carbocycles. The van der Waals surface area contributed by atoms with E-state index >= 15 is 0 Å². The second-order valence-electron chi connectivity index (χ2n) is 5.95. The molecule has 3 rings (SSSR count). The Morgan fingerprint density at radius 3 is 2.40 bits per heavy atom. The van der Waals surface area contributed by atoms with Gasteiger partial charge in [-0.25, -0.2) is 0 Å². The Morgan fingerprint density at radius 1 is 1.20 bits per heavy atom. The van der Waals surface area contributed by atoms with Gasteiger partial charge in [0, 0.05) is 48.5 Å². The van der Waals surface area contributed by atoms with Crippen LogP contribution in [0.3, 0.4) is 0 Å². The lowest BCUT2D eigenvalue weighted by atomic mass is 10.1. The fraction of sp³-hybridized carbons (Fsp3) is 0.412. The lowest BCUT2D eigenvalue weighted by molar-refractivity contribution is -0.384. The number of alkyl halides is 3. The number of non-ortho nitro benzene ring substituents is 1. The molecule has 1 fully saturated rings. The molecule has 1 aromatic rings. The predicted octanol–water partition coefficient (Wildman–Crippen LogP) is 4.83. The van der Waals surface area contributed by atoms with Crippen molar-refractivity contribution in [3.05, 3.63) is 61.5 Å². The molecule has 0 atom stereocenters. The largest absolute Gasteiger partial charge is 0.413 e. The summed E-state index contributed by atoms with van der Waals surface area (Å²) in [6.07, 6.45) is 0.444. The Hall–Kier alpha value is -1.96. The minimum absolute atomic E-state index is 0.0731. The van der Waals surface area contributed by atoms with Crippen molar-refractivity contribution in [3.8, 4) is 0 Å². The molecule has 0 unspecified atom stereocenters. The van der Waals surface area contributed by atoms with Crippen molar-refractivity contribution in [1.29, 1.82) is 0 Å². The maximum atomic E-state index is 13.3. The van der Waals surface area contributed by atoms with Gasteiger partial charge in [0.25, 0.3) is 5.69 Å². The van der Waals surface area contributed by atoms with E-state index in [9.17, 15) is 23.3 Å². The van der Waals surface area contributed by atoms with Gasteiger partial charge in [0.2, 0.25) is 0 Å². The summed E-state index contributed by atoms with van der Waals surface area (Å²) in [6, 6.07) is 5.66. The minimum Gasteiger partial charge on any atom is -0.366 e. The Bertz CT molecular complexity index is 720. The molecule has 8 heteroatoms. The van der Waals surface area contributed by atoms with Crippen molar-refractivity contribution in [2.45, 2.75) is 31.9 Å². The minimum atomic E-state index is -4.40. The van der Waals surface area contributed by atoms with Crippen molar-refractivity contribution < 1.29 is 18.1 Å². The van der Waals surface area contributed by atoms with Gasteiger partial charge in [-0.1, -0.05) is 23.9 Å². The normalized spacial score (nSPS) is 18.5. The van der Waals surface area contributed by atoms with Gasteiger partial charge >= 0.3 is 6.18 Å². The number of nitro benzene ring substituents is 1. The molecule has 0 aromatic heterocycles. The van der Waals surface area contributed by atoms with E-state index in [1.807, 2.05) is 0 Å². The highest BCUT2D eigenvalue weighted by atomic mass is 32.2. The van der Waals surface area contributed by atoms with Crippen LogP contribution >= 0.6 is 11.8 Å². The van der Waals surface area contributed by atoms with Crippen LogP contribution in [0.5, 0.6) is 0 Å². The Kier molecular flexibility index (Phi) is 5.08. The van der Waals surface area contributed by atoms with E-state index < -0.39 is 16.7 Å². The van der Waals surface area contributed by atoms with Crippen LogP contribution in [0.4, 0.5) is 18.9 Å². The van der Waals surface area contributed by atoms with Crippen LogP contribution in [0.2, 0.25) is 0 Å². The zero-order valence-corrected chi connectivity index (χ0v) is 14.1. The molecule has 2 aliphatic heterocycles. The first-order valence-electron chi connectivity index (χ1n) is 7.91. The van der Waals surface area contributed by atoms with E-state index in [1.54, 1.807) is 0 Å². The first-order valence-corrected chi connectivity index (χ1v) is 8.72. The van der Waals surface area contributed by atoms with E-state index in [-0.39, 0.29) is 23.4 Å². The van der Waals surface area contributed by atoms with Crippen LogP contribution in [-0.4, -0.2) is 29.1 Å². The van der Waals surface area contributed by atoms with Crippen molar-refractivity contribution in [3.63, 3.8) is 0 Å². The first-order chi connectivity index (χ1) is 11.8. The Labute approximate surface area is 147 Å². The third-order valence-corrected chi connectivity index (χ3v) is 5.45. The van der Waals surface area contributed by atoms with Crippen LogP contribution in [-0.2, 0) is 6.42 Å². The molecule has 0 saturated carbocycles. The van der Waals surface area contributed by atoms with Gasteiger partial charge in [-0.05, 0) is 24.5 Å². The topological polar surface area (TPSA) is 46.4 Å². The number of nitro groups is 1. The first kappa shape index (κ1) is 17.8. The molecule has 0 aliphatic carbocycles. The van der Waals surface area contributed by atoms with Crippen molar-refractivity contribution in [2.75, 3.05) is 13.1 Å². The summed E-state index contributed by atoms with van der Waals surface area (Å²) in [5.41, 5.74) is -0.0209. The zero-order valence-electron chi connectivity index (χ0n) is 13.3. The second-order valence-corrected chi connectivity index (χ2v) is 7.04. The zero-order chi connectivity index (χ0) is 18.0. The number of nitrogens with zero attached hydrogens (tertiary/aromatic N) is 2. The molecular formula is C17H16F3N2O2S. The SMILES string of the molecule is O=[N+]([O-])c1ccc(CC2=C(C(F)(F)F)C[C]=C(N3CCCC3)S2)cc1. The molecule has 1 saturated heterocycles. The summed E-state index contributed by atoms with van der Waals surface area (Å²) >= 11 is 1.13. The number of likely N-dealkylation sites (tertiary alicyclic amines) is 1. The van der Waals surface area contributed by atoms with Gasteiger partial charge in [0.15, 0.2) is 0 Å². The highest BCUT2D eigenvalue weighted by Crippen LogP contribution is 2.44. The van der Waals surface area contributed by atoms with E-state index in [0.717, 1.165) is 42.7 Å². The van der Waals surface area contributed by atoms with E-state index in [1.165, 1.54) is 24.3 Å². The lowest BCUT2D eigenvalue weighted by Gasteiger charge is -2.27. The number of benzene rings is 1. The van der Waals surface area contributed by atoms with Gasteiger partial charge in [0.1, 0.15) is 0 Å². The molecule has 0 N–H and O–H groups in total. The molecule has 25 heavy (non-hydrogen) atoms. The van der Waals surface area contributed by atoms with Crippen LogP contribution in [0.1, 0.15) is 24.8 Å². The predicted molar refractivity (Wildman–Crippen MR) is 89.7 cm³/mol. The Morgan fingerprint density at radius 2 is 1.84 bits per heavy atom. The maximum Gasteiger partial charge on any atom is 0.413 e. The van der Waals surface area contributed by atoms with Crippen LogP contribution < -0.4 is 0 Å². The average Bonchev–Trinajstić information content (AvgIpc) is 3.08. The van der Waals surface area contributed by atoms with E-state index in [0.29, 0.717) is 5.56 Å². The third kappa shape index (κ3) is 4.18. The van der Waals surface area contributed by atoms with Gasteiger partial charge in [-0.15, -0.1) is 0 Å².